The van der Waals surface area contributed by atoms with Crippen molar-refractivity contribution < 1.29 is 163 Å². The Morgan fingerprint density at radius 3 is 0.555 bits per heavy atom. The summed E-state index contributed by atoms with van der Waals surface area (Å²) in [6, 6.07) is 70.0. The molecule has 110 heavy (non-hydrogen) atoms. The number of hydrogen-bond acceptors (Lipinski definition) is 14. The molecule has 0 aromatic heterocycles. The predicted octanol–water partition coefficient (Wildman–Crippen LogP) is 13.5. The van der Waals surface area contributed by atoms with Crippen molar-refractivity contribution in [1.82, 2.24) is 0 Å². The van der Waals surface area contributed by atoms with Crippen LogP contribution < -0.4 is 20.4 Å². The van der Waals surface area contributed by atoms with E-state index in [-0.39, 0.29) is 166 Å². The molecule has 4 atom stereocenters. The van der Waals surface area contributed by atoms with Crippen molar-refractivity contribution >= 4 is 116 Å². The summed E-state index contributed by atoms with van der Waals surface area (Å²) in [5.74, 6) is -2.12. The largest absolute Gasteiger partial charge is 2.00 e. The van der Waals surface area contributed by atoms with Gasteiger partial charge >= 0.3 is 0 Å². The van der Waals surface area contributed by atoms with E-state index in [2.05, 4.69) is 0 Å². The summed E-state index contributed by atoms with van der Waals surface area (Å²) in [5, 5.41) is 47.0. The van der Waals surface area contributed by atoms with Gasteiger partial charge < -0.3 is 81.7 Å². The molecule has 1 aliphatic heterocycles. The van der Waals surface area contributed by atoms with Crippen LogP contribution in [-0.2, 0) is 61.3 Å². The van der Waals surface area contributed by atoms with Crippen molar-refractivity contribution in [2.24, 2.45) is 0 Å². The van der Waals surface area contributed by atoms with Gasteiger partial charge in [-0.25, -0.2) is 0 Å². The van der Waals surface area contributed by atoms with E-state index in [1.807, 2.05) is 48.5 Å². The average molecular weight is 2080 g/mol. The van der Waals surface area contributed by atoms with E-state index in [1.165, 1.54) is 25.7 Å². The number of carbonyl (C=O) groups excluding carboxylic acids is 4. The Labute approximate surface area is 720 Å². The second-order valence-electron chi connectivity index (χ2n) is 22.3. The molecule has 3 aliphatic rings. The standard InChI is InChI=1S/C20H36O6.4C15H12O2.2CHCl3.2H2O.4O.2U/c1-2-6-18-17(5-1)23-13-9-21-11-15-25-19-7-3-4-8-20(19)26-16-12-22-10-14-24-18;4*16-14(12-7-3-1-4-8-12)11-15(17)13-9-5-2-6-10-13;2*2-1(3)4;;;;;;;;/h17-20H,1-16H2;4*1-11,16H;2*1H;2*1H2;;;;;;/q;;;;;;;;;4*-2;;/p-2/b;4*14-11-;;;;;;;;;;/t17-,18+,19-,20+;;;;;;;;;;;;;;. The van der Waals surface area contributed by atoms with Gasteiger partial charge in [0.15, 0.2) is 31.7 Å². The number of allylic oxidation sites excluding steroid dienone is 4. The van der Waals surface area contributed by atoms with Crippen molar-refractivity contribution in [2.45, 2.75) is 84.4 Å². The number of ketones is 4. The van der Waals surface area contributed by atoms with Crippen LogP contribution >= 0.6 is 69.6 Å². The summed E-state index contributed by atoms with van der Waals surface area (Å²) >= 11 is 28.8. The van der Waals surface area contributed by atoms with Crippen LogP contribution in [0, 0.1) is 62.2 Å². The molecule has 6 N–H and O–H groups in total. The maximum Gasteiger partial charge on any atom is 0.185 e. The van der Waals surface area contributed by atoms with Gasteiger partial charge in [-0.1, -0.05) is 361 Å². The van der Waals surface area contributed by atoms with E-state index in [4.69, 9.17) is 98.0 Å². The SMILES string of the molecule is C1CC[C@H]2OCCOCCO[C@@H]3CCCC[C@@H]3OCCOCCO[C@H]2C1.ClC(Cl)Cl.ClC(Cl)Cl.O=C(/C=C(\[O-])c1ccccc1)c1ccccc1.O=C(/C=C(\[O-])c1ccccc1)c1ccccc1.O=C(/C=C(\[O-])c1ccccc1)c1ccccc1.O=C(/C=C(\[O-])c1ccccc1)c1ccccc1.[O-2].[O-2].[O-2].[O-2].[OH3+].[OH3+].[U].[U]. The first-order valence-corrected chi connectivity index (χ1v) is 35.7. The van der Waals surface area contributed by atoms with Crippen LogP contribution in [0.25, 0.3) is 23.0 Å². The molecule has 0 spiro atoms. The molecule has 11 rings (SSSR count). The number of benzene rings is 8. The van der Waals surface area contributed by atoms with Gasteiger partial charge in [-0.3, -0.25) is 19.2 Å². The molecule has 3 fully saturated rings. The third kappa shape index (κ3) is 47.5. The molecule has 1 heterocycles. The van der Waals surface area contributed by atoms with E-state index < -0.39 is 8.59 Å². The maximum absolute atomic E-state index is 11.8. The van der Waals surface area contributed by atoms with Crippen molar-refractivity contribution in [2.75, 3.05) is 52.9 Å². The van der Waals surface area contributed by atoms with E-state index in [0.717, 1.165) is 50.0 Å². The summed E-state index contributed by atoms with van der Waals surface area (Å²) in [4.78, 5) is 47.0. The van der Waals surface area contributed by atoms with Gasteiger partial charge in [0, 0.05) is 84.5 Å². The summed E-state index contributed by atoms with van der Waals surface area (Å²) in [6.07, 6.45) is 14.4. The minimum Gasteiger partial charge on any atom is -2.00 e. The van der Waals surface area contributed by atoms with E-state index in [9.17, 15) is 39.6 Å². The zero-order valence-corrected chi connectivity index (χ0v) is 72.8. The van der Waals surface area contributed by atoms with E-state index in [0.29, 0.717) is 97.4 Å². The number of hydrogen-bond donors (Lipinski definition) is 0. The molecule has 28 heteroatoms. The maximum atomic E-state index is 11.8. The van der Waals surface area contributed by atoms with Crippen LogP contribution in [-0.4, -0.2) is 109 Å². The van der Waals surface area contributed by atoms with Crippen molar-refractivity contribution in [1.29, 1.82) is 0 Å². The molecular formula is C82H88Cl6O20U2-10. The molecule has 8 aromatic carbocycles. The first-order valence-electron chi connectivity index (χ1n) is 33.1. The first kappa shape index (κ1) is 110. The third-order valence-corrected chi connectivity index (χ3v) is 15.0. The van der Waals surface area contributed by atoms with Crippen LogP contribution in [0.2, 0.25) is 0 Å². The van der Waals surface area contributed by atoms with Gasteiger partial charge in [0.2, 0.25) is 0 Å². The fourth-order valence-corrected chi connectivity index (χ4v) is 10.1. The molecule has 1 saturated heterocycles. The van der Waals surface area contributed by atoms with Gasteiger partial charge in [0.1, 0.15) is 0 Å². The van der Waals surface area contributed by atoms with Crippen LogP contribution in [0.1, 0.15) is 115 Å². The van der Waals surface area contributed by atoms with Crippen LogP contribution in [0.5, 0.6) is 0 Å². The summed E-state index contributed by atoms with van der Waals surface area (Å²) in [5.41, 5.74) is 4.20. The van der Waals surface area contributed by atoms with Crippen LogP contribution in [0.4, 0.5) is 0 Å². The predicted molar refractivity (Wildman–Crippen MR) is 413 cm³/mol. The molecule has 0 bridgehead atoms. The molecule has 2 saturated carbocycles. The number of rotatable bonds is 12. The fourth-order valence-electron chi connectivity index (χ4n) is 10.1. The molecule has 8 aromatic rings. The van der Waals surface area contributed by atoms with Crippen LogP contribution in [0.3, 0.4) is 0 Å². The van der Waals surface area contributed by atoms with Crippen molar-refractivity contribution in [3.05, 3.63) is 311 Å². The molecule has 596 valence electrons. The molecule has 2 aliphatic carbocycles. The fraction of sp³-hybridized carbons (Fsp3) is 0.268. The summed E-state index contributed by atoms with van der Waals surface area (Å²) < 4.78 is 34.0. The van der Waals surface area contributed by atoms with Gasteiger partial charge in [0.05, 0.1) is 77.3 Å². The van der Waals surface area contributed by atoms with Gasteiger partial charge in [0.25, 0.3) is 0 Å². The monoisotopic (exact) mass is 2080 g/mol. The molecule has 0 amide bonds. The molecule has 0 unspecified atom stereocenters. The molecule has 20 nitrogen and oxygen atoms in total. The number of carbonyl (C=O) groups is 4. The Hall–Kier alpha value is -6.04. The second kappa shape index (κ2) is 67.5. The minimum atomic E-state index is -0.750. The quantitative estimate of drug-likeness (QED) is 0.0361. The number of ether oxygens (including phenoxy) is 6. The number of alkyl halides is 6. The average Bonchev–Trinajstić information content (AvgIpc) is 0.882. The Balaban J connectivity index is -0.000000617. The zero-order valence-electron chi connectivity index (χ0n) is 60.0. The number of halogens is 6. The second-order valence-corrected chi connectivity index (χ2v) is 26.3. The first-order chi connectivity index (χ1) is 49.5. The van der Waals surface area contributed by atoms with Crippen molar-refractivity contribution in [3.8, 4) is 0 Å². The molecule has 0 radical (unpaired) electrons. The molecular weight excluding hydrogens is 1990 g/mol. The Bertz CT molecular complexity index is 3270. The van der Waals surface area contributed by atoms with Gasteiger partial charge in [-0.05, 0) is 72.2 Å². The zero-order chi connectivity index (χ0) is 73.4. The van der Waals surface area contributed by atoms with E-state index in [1.54, 1.807) is 194 Å². The summed E-state index contributed by atoms with van der Waals surface area (Å²) in [7, 11) is 0. The smallest absolute Gasteiger partial charge is 0.185 e. The normalized spacial score (nSPS) is 16.3. The summed E-state index contributed by atoms with van der Waals surface area (Å²) in [6.45, 7) is 4.93. The van der Waals surface area contributed by atoms with Gasteiger partial charge in [-0.15, -0.1) is 0 Å². The van der Waals surface area contributed by atoms with Gasteiger partial charge in [-0.2, -0.15) is 0 Å². The van der Waals surface area contributed by atoms with E-state index >= 15 is 0 Å². The van der Waals surface area contributed by atoms with Crippen molar-refractivity contribution in [3.63, 3.8) is 0 Å². The Kier molecular flexibility index (Phi) is 67.6. The Morgan fingerprint density at radius 2 is 0.409 bits per heavy atom. The number of fused-ring (bicyclic) bond motifs is 2. The third-order valence-electron chi connectivity index (χ3n) is 15.0. The van der Waals surface area contributed by atoms with Crippen LogP contribution in [0.15, 0.2) is 267 Å². The Morgan fingerprint density at radius 1 is 0.273 bits per heavy atom. The topological polar surface area (TPSA) is 396 Å². The minimum absolute atomic E-state index is 0.